The molecule has 76 valence electrons. The number of hydrogen-bond donors (Lipinski definition) is 0. The average Bonchev–Trinajstić information content (AvgIpc) is 2.02. The summed E-state index contributed by atoms with van der Waals surface area (Å²) in [4.78, 5) is 10.6. The molecule has 0 aliphatic carbocycles. The molecule has 0 N–H and O–H groups in total. The van der Waals surface area contributed by atoms with Crippen LogP contribution in [0.25, 0.3) is 0 Å². The number of hydrogen-bond acceptors (Lipinski definition) is 1. The molecule has 0 saturated carbocycles. The molecular weight excluding hydrogens is 198 g/mol. The number of carbonyl (C=O) groups excluding carboxylic acids is 1. The first-order valence-corrected chi connectivity index (χ1v) is 4.57. The smallest absolute Gasteiger partial charge is 0.291 e. The maximum absolute atomic E-state index is 12.1. The second kappa shape index (κ2) is 6.08. The highest BCUT2D eigenvalue weighted by molar-refractivity contribution is 6.32. The molecule has 0 rings (SSSR count). The van der Waals surface area contributed by atoms with E-state index in [9.17, 15) is 13.6 Å². The molecule has 0 bridgehead atoms. The molecule has 0 radical (unpaired) electrons. The molecule has 0 heterocycles. The van der Waals surface area contributed by atoms with Crippen LogP contribution in [0.4, 0.5) is 8.78 Å². The van der Waals surface area contributed by atoms with Gasteiger partial charge in [-0.3, -0.25) is 4.79 Å². The van der Waals surface area contributed by atoms with Gasteiger partial charge in [-0.15, -0.1) is 6.58 Å². The van der Waals surface area contributed by atoms with Gasteiger partial charge >= 0.3 is 5.38 Å². The van der Waals surface area contributed by atoms with Gasteiger partial charge in [0.1, 0.15) is 0 Å². The molecule has 0 aromatic carbocycles. The van der Waals surface area contributed by atoms with Crippen molar-refractivity contribution >= 4 is 17.4 Å². The Balaban J connectivity index is 3.43. The SMILES string of the molecule is C=CCCCCCC(=O)C(F)(F)Cl. The van der Waals surface area contributed by atoms with Gasteiger partial charge in [0.2, 0.25) is 5.78 Å². The zero-order valence-corrected chi connectivity index (χ0v) is 8.12. The van der Waals surface area contributed by atoms with Crippen molar-refractivity contribution in [3.8, 4) is 0 Å². The maximum Gasteiger partial charge on any atom is 0.380 e. The summed E-state index contributed by atoms with van der Waals surface area (Å²) in [7, 11) is 0. The summed E-state index contributed by atoms with van der Waals surface area (Å²) in [5.41, 5.74) is 0. The van der Waals surface area contributed by atoms with Gasteiger partial charge in [0.15, 0.2) is 0 Å². The van der Waals surface area contributed by atoms with Gasteiger partial charge in [0.25, 0.3) is 0 Å². The molecule has 1 nitrogen and oxygen atoms in total. The van der Waals surface area contributed by atoms with E-state index in [0.717, 1.165) is 19.3 Å². The molecule has 0 fully saturated rings. The highest BCUT2D eigenvalue weighted by Gasteiger charge is 2.34. The minimum absolute atomic E-state index is 0.145. The third-order valence-corrected chi connectivity index (χ3v) is 1.84. The van der Waals surface area contributed by atoms with E-state index in [-0.39, 0.29) is 6.42 Å². The average molecular weight is 211 g/mol. The fourth-order valence-corrected chi connectivity index (χ4v) is 0.987. The highest BCUT2D eigenvalue weighted by Crippen LogP contribution is 2.22. The molecule has 0 unspecified atom stereocenters. The predicted molar refractivity (Wildman–Crippen MR) is 49.1 cm³/mol. The van der Waals surface area contributed by atoms with Gasteiger partial charge in [-0.2, -0.15) is 8.78 Å². The van der Waals surface area contributed by atoms with Crippen molar-refractivity contribution in [3.05, 3.63) is 12.7 Å². The number of halogens is 3. The van der Waals surface area contributed by atoms with Gasteiger partial charge in [-0.05, 0) is 30.9 Å². The van der Waals surface area contributed by atoms with Crippen LogP contribution in [0.15, 0.2) is 12.7 Å². The zero-order valence-electron chi connectivity index (χ0n) is 7.36. The number of Topliss-reactive ketones (excluding diaryl/α,β-unsaturated/α-hetero) is 1. The third kappa shape index (κ3) is 6.70. The standard InChI is InChI=1S/C9H13ClF2O/c1-2-3-4-5-6-7-8(13)9(10,11)12/h2H,1,3-7H2. The summed E-state index contributed by atoms with van der Waals surface area (Å²) in [5, 5.41) is -3.68. The Labute approximate surface area is 81.8 Å². The van der Waals surface area contributed by atoms with Gasteiger partial charge < -0.3 is 0 Å². The normalized spacial score (nSPS) is 11.3. The van der Waals surface area contributed by atoms with Crippen molar-refractivity contribution < 1.29 is 13.6 Å². The second-order valence-electron chi connectivity index (χ2n) is 2.81. The molecule has 0 spiro atoms. The number of carbonyl (C=O) groups is 1. The van der Waals surface area contributed by atoms with Gasteiger partial charge in [0, 0.05) is 6.42 Å². The number of alkyl halides is 3. The lowest BCUT2D eigenvalue weighted by Gasteiger charge is -2.05. The van der Waals surface area contributed by atoms with Crippen molar-refractivity contribution in [3.63, 3.8) is 0 Å². The molecule has 0 saturated heterocycles. The number of allylic oxidation sites excluding steroid dienone is 1. The van der Waals surface area contributed by atoms with E-state index in [0.29, 0.717) is 6.42 Å². The number of ketones is 1. The third-order valence-electron chi connectivity index (χ3n) is 1.63. The van der Waals surface area contributed by atoms with Crippen molar-refractivity contribution in [2.75, 3.05) is 0 Å². The van der Waals surface area contributed by atoms with Gasteiger partial charge in [-0.1, -0.05) is 12.5 Å². The van der Waals surface area contributed by atoms with Crippen LogP contribution in [-0.2, 0) is 4.79 Å². The lowest BCUT2D eigenvalue weighted by atomic mass is 10.1. The largest absolute Gasteiger partial charge is 0.380 e. The molecular formula is C9H13ClF2O. The van der Waals surface area contributed by atoms with E-state index >= 15 is 0 Å². The Kier molecular flexibility index (Phi) is 5.88. The van der Waals surface area contributed by atoms with Crippen LogP contribution in [0.2, 0.25) is 0 Å². The molecule has 0 aromatic heterocycles. The van der Waals surface area contributed by atoms with Crippen LogP contribution in [0.1, 0.15) is 32.1 Å². The van der Waals surface area contributed by atoms with Crippen molar-refractivity contribution in [2.45, 2.75) is 37.5 Å². The summed E-state index contributed by atoms with van der Waals surface area (Å²) in [6.45, 7) is 3.52. The van der Waals surface area contributed by atoms with E-state index < -0.39 is 11.2 Å². The molecule has 0 aromatic rings. The van der Waals surface area contributed by atoms with Gasteiger partial charge in [0.05, 0.1) is 0 Å². The Bertz CT molecular complexity index is 175. The first-order valence-electron chi connectivity index (χ1n) is 4.19. The van der Waals surface area contributed by atoms with Gasteiger partial charge in [-0.25, -0.2) is 0 Å². The summed E-state index contributed by atoms with van der Waals surface area (Å²) >= 11 is 4.52. The van der Waals surface area contributed by atoms with E-state index in [1.54, 1.807) is 6.08 Å². The fraction of sp³-hybridized carbons (Fsp3) is 0.667. The van der Waals surface area contributed by atoms with Crippen LogP contribution >= 0.6 is 11.6 Å². The number of unbranched alkanes of at least 4 members (excludes halogenated alkanes) is 3. The Hall–Kier alpha value is -0.440. The van der Waals surface area contributed by atoms with Crippen molar-refractivity contribution in [1.82, 2.24) is 0 Å². The molecule has 4 heteroatoms. The highest BCUT2D eigenvalue weighted by atomic mass is 35.5. The monoisotopic (exact) mass is 210 g/mol. The molecule has 0 aliphatic rings. The lowest BCUT2D eigenvalue weighted by Crippen LogP contribution is -2.20. The van der Waals surface area contributed by atoms with E-state index in [2.05, 4.69) is 18.2 Å². The molecule has 0 atom stereocenters. The predicted octanol–water partition coefficient (Wildman–Crippen LogP) is 3.52. The van der Waals surface area contributed by atoms with Crippen molar-refractivity contribution in [2.24, 2.45) is 0 Å². The first kappa shape index (κ1) is 12.6. The van der Waals surface area contributed by atoms with E-state index in [4.69, 9.17) is 0 Å². The quantitative estimate of drug-likeness (QED) is 0.357. The minimum atomic E-state index is -3.68. The minimum Gasteiger partial charge on any atom is -0.291 e. The first-order chi connectivity index (χ1) is 5.98. The van der Waals surface area contributed by atoms with Crippen LogP contribution in [0, 0.1) is 0 Å². The molecule has 13 heavy (non-hydrogen) atoms. The second-order valence-corrected chi connectivity index (χ2v) is 3.28. The summed E-state index contributed by atoms with van der Waals surface area (Å²) < 4.78 is 24.2. The molecule has 0 aliphatic heterocycles. The Morgan fingerprint density at radius 2 is 2.00 bits per heavy atom. The van der Waals surface area contributed by atoms with E-state index in [1.165, 1.54) is 0 Å². The topological polar surface area (TPSA) is 17.1 Å². The van der Waals surface area contributed by atoms with E-state index in [1.807, 2.05) is 0 Å². The maximum atomic E-state index is 12.1. The number of rotatable bonds is 7. The zero-order chi connectivity index (χ0) is 10.3. The summed E-state index contributed by atoms with van der Waals surface area (Å²) in [5.74, 6) is -1.19. The fourth-order valence-electron chi connectivity index (χ4n) is 0.893. The summed E-state index contributed by atoms with van der Waals surface area (Å²) in [6, 6.07) is 0. The van der Waals surface area contributed by atoms with Crippen LogP contribution in [-0.4, -0.2) is 11.2 Å². The Morgan fingerprint density at radius 3 is 2.46 bits per heavy atom. The van der Waals surface area contributed by atoms with Crippen molar-refractivity contribution in [1.29, 1.82) is 0 Å². The van der Waals surface area contributed by atoms with Crippen LogP contribution in [0.3, 0.4) is 0 Å². The van der Waals surface area contributed by atoms with Crippen LogP contribution in [0.5, 0.6) is 0 Å². The Morgan fingerprint density at radius 1 is 1.38 bits per heavy atom. The molecule has 0 amide bonds. The summed E-state index contributed by atoms with van der Waals surface area (Å²) in [6.07, 6.45) is 4.57. The van der Waals surface area contributed by atoms with Crippen LogP contribution < -0.4 is 0 Å². The lowest BCUT2D eigenvalue weighted by molar-refractivity contribution is -0.133.